The second-order valence-electron chi connectivity index (χ2n) is 3.64. The van der Waals surface area contributed by atoms with Crippen LogP contribution in [0.5, 0.6) is 0 Å². The Labute approximate surface area is 68.2 Å². The Morgan fingerprint density at radius 1 is 1.36 bits per heavy atom. The summed E-state index contributed by atoms with van der Waals surface area (Å²) in [6.45, 7) is 4.43. The summed E-state index contributed by atoms with van der Waals surface area (Å²) < 4.78 is 4.95. The van der Waals surface area contributed by atoms with Crippen LogP contribution < -0.4 is 0 Å². The molecule has 0 aliphatic heterocycles. The molecule has 1 rings (SSSR count). The first-order valence-electron chi connectivity index (χ1n) is 4.28. The van der Waals surface area contributed by atoms with Crippen LogP contribution in [0.15, 0.2) is 0 Å². The summed E-state index contributed by atoms with van der Waals surface area (Å²) in [6.07, 6.45) is 5.43. The highest BCUT2D eigenvalue weighted by atomic mass is 16.5. The number of rotatable bonds is 1. The molecule has 0 N–H and O–H groups in total. The van der Waals surface area contributed by atoms with Crippen molar-refractivity contribution in [2.24, 2.45) is 11.8 Å². The lowest BCUT2D eigenvalue weighted by molar-refractivity contribution is 0.0558. The molecule has 2 nitrogen and oxygen atoms in total. The first-order chi connectivity index (χ1) is 5.24. The van der Waals surface area contributed by atoms with Gasteiger partial charge in [-0.1, -0.05) is 13.8 Å². The van der Waals surface area contributed by atoms with E-state index in [1.54, 1.807) is 6.26 Å². The van der Waals surface area contributed by atoms with Crippen LogP contribution in [-0.4, -0.2) is 6.10 Å². The molecule has 0 spiro atoms. The van der Waals surface area contributed by atoms with E-state index in [2.05, 4.69) is 13.8 Å². The van der Waals surface area contributed by atoms with Crippen molar-refractivity contribution in [1.29, 1.82) is 5.26 Å². The van der Waals surface area contributed by atoms with E-state index >= 15 is 0 Å². The highest BCUT2D eigenvalue weighted by Gasteiger charge is 2.26. The zero-order valence-electron chi connectivity index (χ0n) is 7.21. The Morgan fingerprint density at radius 2 is 2.09 bits per heavy atom. The van der Waals surface area contributed by atoms with Gasteiger partial charge in [0.15, 0.2) is 0 Å². The molecular weight excluding hydrogens is 138 g/mol. The van der Waals surface area contributed by atoms with Crippen molar-refractivity contribution in [2.45, 2.75) is 39.2 Å². The lowest BCUT2D eigenvalue weighted by atomic mass is 9.81. The van der Waals surface area contributed by atoms with Crippen molar-refractivity contribution in [3.05, 3.63) is 0 Å². The van der Waals surface area contributed by atoms with Gasteiger partial charge < -0.3 is 4.74 Å². The van der Waals surface area contributed by atoms with E-state index in [0.717, 1.165) is 12.3 Å². The molecule has 0 aromatic carbocycles. The number of hydrogen-bond acceptors (Lipinski definition) is 2. The average molecular weight is 153 g/mol. The highest BCUT2D eigenvalue weighted by molar-refractivity contribution is 4.78. The van der Waals surface area contributed by atoms with Crippen molar-refractivity contribution in [1.82, 2.24) is 0 Å². The van der Waals surface area contributed by atoms with Gasteiger partial charge in [0.25, 0.3) is 6.26 Å². The molecule has 0 saturated heterocycles. The van der Waals surface area contributed by atoms with Crippen LogP contribution in [0.3, 0.4) is 0 Å². The van der Waals surface area contributed by atoms with Crippen molar-refractivity contribution in [3.8, 4) is 6.26 Å². The van der Waals surface area contributed by atoms with E-state index in [0.29, 0.717) is 5.92 Å². The summed E-state index contributed by atoms with van der Waals surface area (Å²) in [5.41, 5.74) is 0. The Kier molecular flexibility index (Phi) is 2.76. The van der Waals surface area contributed by atoms with Gasteiger partial charge in [-0.15, -0.1) is 0 Å². The van der Waals surface area contributed by atoms with E-state index in [4.69, 9.17) is 10.00 Å². The van der Waals surface area contributed by atoms with Crippen LogP contribution >= 0.6 is 0 Å². The lowest BCUT2D eigenvalue weighted by Crippen LogP contribution is -2.27. The van der Waals surface area contributed by atoms with Gasteiger partial charge in [0, 0.05) is 0 Å². The molecule has 0 aromatic rings. The molecule has 0 bridgehead atoms. The molecule has 3 atom stereocenters. The standard InChI is InChI=1S/C9H15NO/c1-7-3-4-9(11-6-10)8(2)5-7/h7-9H,3-5H2,1-2H3. The lowest BCUT2D eigenvalue weighted by Gasteiger charge is -2.30. The molecule has 1 saturated carbocycles. The van der Waals surface area contributed by atoms with Crippen molar-refractivity contribution in [3.63, 3.8) is 0 Å². The maximum absolute atomic E-state index is 8.33. The summed E-state index contributed by atoms with van der Waals surface area (Å²) in [4.78, 5) is 0. The Hall–Kier alpha value is -0.710. The summed E-state index contributed by atoms with van der Waals surface area (Å²) in [7, 11) is 0. The molecule has 1 fully saturated rings. The topological polar surface area (TPSA) is 33.0 Å². The third-order valence-corrected chi connectivity index (χ3v) is 2.56. The Balaban J connectivity index is 2.39. The van der Waals surface area contributed by atoms with Gasteiger partial charge in [-0.3, -0.25) is 0 Å². The van der Waals surface area contributed by atoms with Gasteiger partial charge in [0.1, 0.15) is 6.10 Å². The minimum Gasteiger partial charge on any atom is -0.424 e. The zero-order valence-corrected chi connectivity index (χ0v) is 7.21. The number of nitriles is 1. The largest absolute Gasteiger partial charge is 0.424 e. The van der Waals surface area contributed by atoms with Crippen molar-refractivity contribution in [2.75, 3.05) is 0 Å². The van der Waals surface area contributed by atoms with E-state index < -0.39 is 0 Å². The van der Waals surface area contributed by atoms with Crippen LogP contribution in [0, 0.1) is 23.4 Å². The van der Waals surface area contributed by atoms with E-state index in [-0.39, 0.29) is 6.10 Å². The highest BCUT2D eigenvalue weighted by Crippen LogP contribution is 2.30. The summed E-state index contributed by atoms with van der Waals surface area (Å²) in [6, 6.07) is 0. The molecule has 0 radical (unpaired) electrons. The monoisotopic (exact) mass is 153 g/mol. The van der Waals surface area contributed by atoms with Gasteiger partial charge in [0.05, 0.1) is 0 Å². The second kappa shape index (κ2) is 3.61. The summed E-state index contributed by atoms with van der Waals surface area (Å²) in [5.74, 6) is 1.36. The van der Waals surface area contributed by atoms with Crippen LogP contribution in [0.2, 0.25) is 0 Å². The van der Waals surface area contributed by atoms with Crippen LogP contribution in [0.4, 0.5) is 0 Å². The van der Waals surface area contributed by atoms with E-state index in [1.807, 2.05) is 0 Å². The third kappa shape index (κ3) is 2.11. The second-order valence-corrected chi connectivity index (χ2v) is 3.64. The molecule has 0 heterocycles. The molecule has 2 heteroatoms. The van der Waals surface area contributed by atoms with Crippen LogP contribution in [0.1, 0.15) is 33.1 Å². The number of ether oxygens (including phenoxy) is 1. The Bertz CT molecular complexity index is 161. The fourth-order valence-corrected chi connectivity index (χ4v) is 1.88. The molecular formula is C9H15NO. The average Bonchev–Trinajstić information content (AvgIpc) is 1.95. The summed E-state index contributed by atoms with van der Waals surface area (Å²) >= 11 is 0. The van der Waals surface area contributed by atoms with Crippen LogP contribution in [-0.2, 0) is 4.74 Å². The normalized spacial score (nSPS) is 37.7. The predicted molar refractivity (Wildman–Crippen MR) is 42.7 cm³/mol. The summed E-state index contributed by atoms with van der Waals surface area (Å²) in [5, 5.41) is 8.33. The van der Waals surface area contributed by atoms with Gasteiger partial charge in [-0.2, -0.15) is 5.26 Å². The Morgan fingerprint density at radius 3 is 2.64 bits per heavy atom. The molecule has 3 unspecified atom stereocenters. The SMILES string of the molecule is CC1CCC(OC#N)C(C)C1. The van der Waals surface area contributed by atoms with E-state index in [9.17, 15) is 0 Å². The first-order valence-corrected chi connectivity index (χ1v) is 4.28. The van der Waals surface area contributed by atoms with Gasteiger partial charge in [-0.05, 0) is 31.1 Å². The maximum Gasteiger partial charge on any atom is 0.286 e. The fourth-order valence-electron chi connectivity index (χ4n) is 1.88. The molecule has 0 amide bonds. The predicted octanol–water partition coefficient (Wildman–Crippen LogP) is 2.31. The zero-order chi connectivity index (χ0) is 8.27. The van der Waals surface area contributed by atoms with Gasteiger partial charge in [0.2, 0.25) is 0 Å². The molecule has 1 aliphatic carbocycles. The number of hydrogen-bond donors (Lipinski definition) is 0. The molecule has 1 aliphatic rings. The quantitative estimate of drug-likeness (QED) is 0.541. The van der Waals surface area contributed by atoms with Gasteiger partial charge in [-0.25, -0.2) is 0 Å². The molecule has 62 valence electrons. The van der Waals surface area contributed by atoms with Gasteiger partial charge >= 0.3 is 0 Å². The third-order valence-electron chi connectivity index (χ3n) is 2.56. The van der Waals surface area contributed by atoms with Crippen molar-refractivity contribution >= 4 is 0 Å². The smallest absolute Gasteiger partial charge is 0.286 e. The fraction of sp³-hybridized carbons (Fsp3) is 0.889. The molecule has 0 aromatic heterocycles. The minimum absolute atomic E-state index is 0.191. The number of nitrogens with zero attached hydrogens (tertiary/aromatic N) is 1. The minimum atomic E-state index is 0.191. The first kappa shape index (κ1) is 8.39. The maximum atomic E-state index is 8.33. The van der Waals surface area contributed by atoms with Crippen molar-refractivity contribution < 1.29 is 4.74 Å². The van der Waals surface area contributed by atoms with E-state index in [1.165, 1.54) is 12.8 Å². The van der Waals surface area contributed by atoms with Crippen LogP contribution in [0.25, 0.3) is 0 Å². The molecule has 11 heavy (non-hydrogen) atoms.